The van der Waals surface area contributed by atoms with Gasteiger partial charge in [0, 0.05) is 15.9 Å². The van der Waals surface area contributed by atoms with Gasteiger partial charge in [-0.2, -0.15) is 0 Å². The zero-order valence-corrected chi connectivity index (χ0v) is 16.8. The van der Waals surface area contributed by atoms with Gasteiger partial charge in [0.25, 0.3) is 0 Å². The number of benzene rings is 2. The Morgan fingerprint density at radius 3 is 2.07 bits per heavy atom. The van der Waals surface area contributed by atoms with Gasteiger partial charge < -0.3 is 4.74 Å². The van der Waals surface area contributed by atoms with E-state index in [1.807, 2.05) is 24.3 Å². The third-order valence-corrected chi connectivity index (χ3v) is 5.17. The molecule has 0 heterocycles. The van der Waals surface area contributed by atoms with Gasteiger partial charge in [0.2, 0.25) is 10.2 Å². The highest BCUT2D eigenvalue weighted by atomic mass is 32.2. The second kappa shape index (κ2) is 10.5. The molecule has 0 aromatic heterocycles. The van der Waals surface area contributed by atoms with E-state index in [1.54, 1.807) is 37.3 Å². The van der Waals surface area contributed by atoms with Gasteiger partial charge in [-0.15, -0.1) is 0 Å². The summed E-state index contributed by atoms with van der Waals surface area (Å²) in [4.78, 5) is 36.4. The molecule has 2 rings (SSSR count). The minimum absolute atomic E-state index is 0.0693. The molecule has 142 valence electrons. The first kappa shape index (κ1) is 21.5. The van der Waals surface area contributed by atoms with Crippen molar-refractivity contribution in [2.45, 2.75) is 16.7 Å². The van der Waals surface area contributed by atoms with Crippen LogP contribution in [0.5, 0.6) is 5.75 Å². The van der Waals surface area contributed by atoms with E-state index >= 15 is 0 Å². The molecule has 0 amide bonds. The molecule has 0 spiro atoms. The third kappa shape index (κ3) is 7.06. The molecular formula is C22H18O4S2. The molecule has 0 saturated heterocycles. The van der Waals surface area contributed by atoms with Gasteiger partial charge in [0.05, 0.1) is 0 Å². The number of rotatable bonds is 7. The summed E-state index contributed by atoms with van der Waals surface area (Å²) in [5, 5.41) is -0.202. The SMILES string of the molecule is C=CC(=O)Oc1ccc(SC(=O)/C=C/c2ccc(SC(=O)C(=C)C)cc2)cc1. The smallest absolute Gasteiger partial charge is 0.335 e. The Morgan fingerprint density at radius 1 is 0.929 bits per heavy atom. The first-order chi connectivity index (χ1) is 13.4. The molecule has 0 saturated carbocycles. The number of hydrogen-bond acceptors (Lipinski definition) is 6. The fourth-order valence-electron chi connectivity index (χ4n) is 1.89. The lowest BCUT2D eigenvalue weighted by Crippen LogP contribution is -2.02. The monoisotopic (exact) mass is 410 g/mol. The zero-order chi connectivity index (χ0) is 20.5. The standard InChI is InChI=1S/C22H18O4S2/c1-4-20(23)26-17-8-12-18(13-9-17)27-21(24)14-7-16-5-10-19(11-6-16)28-22(25)15(2)3/h4-14H,1-2H2,3H3/b14-7+. The second-order valence-corrected chi connectivity index (χ2v) is 7.71. The van der Waals surface area contributed by atoms with Crippen LogP contribution in [0, 0.1) is 0 Å². The van der Waals surface area contributed by atoms with Crippen LogP contribution < -0.4 is 4.74 Å². The van der Waals surface area contributed by atoms with E-state index in [2.05, 4.69) is 13.2 Å². The van der Waals surface area contributed by atoms with Gasteiger partial charge in [-0.3, -0.25) is 9.59 Å². The first-order valence-corrected chi connectivity index (χ1v) is 9.82. The van der Waals surface area contributed by atoms with Gasteiger partial charge in [-0.1, -0.05) is 31.4 Å². The Morgan fingerprint density at radius 2 is 1.50 bits per heavy atom. The molecular weight excluding hydrogens is 392 g/mol. The van der Waals surface area contributed by atoms with Crippen molar-refractivity contribution in [3.05, 3.63) is 85.0 Å². The van der Waals surface area contributed by atoms with Crippen LogP contribution in [0.25, 0.3) is 6.08 Å². The molecule has 4 nitrogen and oxygen atoms in total. The fraction of sp³-hybridized carbons (Fsp3) is 0.0455. The molecule has 0 aliphatic carbocycles. The van der Waals surface area contributed by atoms with Gasteiger partial charge in [0.15, 0.2) is 0 Å². The lowest BCUT2D eigenvalue weighted by Gasteiger charge is -2.02. The molecule has 0 N–H and O–H groups in total. The molecule has 0 fully saturated rings. The molecule has 0 aliphatic rings. The highest BCUT2D eigenvalue weighted by Crippen LogP contribution is 2.24. The third-order valence-electron chi connectivity index (χ3n) is 3.28. The summed E-state index contributed by atoms with van der Waals surface area (Å²) in [5.41, 5.74) is 1.36. The number of esters is 1. The zero-order valence-electron chi connectivity index (χ0n) is 15.2. The predicted molar refractivity (Wildman–Crippen MR) is 114 cm³/mol. The summed E-state index contributed by atoms with van der Waals surface area (Å²) < 4.78 is 4.98. The van der Waals surface area contributed by atoms with Crippen molar-refractivity contribution < 1.29 is 19.1 Å². The summed E-state index contributed by atoms with van der Waals surface area (Å²) >= 11 is 2.19. The largest absolute Gasteiger partial charge is 0.423 e. The fourth-order valence-corrected chi connectivity index (χ4v) is 3.19. The molecule has 28 heavy (non-hydrogen) atoms. The van der Waals surface area contributed by atoms with Crippen molar-refractivity contribution in [2.24, 2.45) is 0 Å². The minimum atomic E-state index is -0.534. The van der Waals surface area contributed by atoms with Crippen LogP contribution in [-0.2, 0) is 14.4 Å². The average molecular weight is 411 g/mol. The van der Waals surface area contributed by atoms with Gasteiger partial charge in [-0.25, -0.2) is 4.79 Å². The van der Waals surface area contributed by atoms with E-state index < -0.39 is 5.97 Å². The Bertz CT molecular complexity index is 926. The number of thioether (sulfide) groups is 2. The minimum Gasteiger partial charge on any atom is -0.423 e. The maximum Gasteiger partial charge on any atom is 0.335 e. The number of hydrogen-bond donors (Lipinski definition) is 0. The van der Waals surface area contributed by atoms with Crippen molar-refractivity contribution in [1.29, 1.82) is 0 Å². The highest BCUT2D eigenvalue weighted by molar-refractivity contribution is 8.14. The summed E-state index contributed by atoms with van der Waals surface area (Å²) in [7, 11) is 0. The maximum absolute atomic E-state index is 12.1. The van der Waals surface area contributed by atoms with E-state index in [0.29, 0.717) is 11.3 Å². The molecule has 6 heteroatoms. The van der Waals surface area contributed by atoms with E-state index in [4.69, 9.17) is 4.74 Å². The molecule has 0 unspecified atom stereocenters. The summed E-state index contributed by atoms with van der Waals surface area (Å²) in [6.45, 7) is 8.64. The normalized spacial score (nSPS) is 10.5. The van der Waals surface area contributed by atoms with Crippen molar-refractivity contribution >= 4 is 45.8 Å². The van der Waals surface area contributed by atoms with Crippen LogP contribution in [0.15, 0.2) is 89.2 Å². The summed E-state index contributed by atoms with van der Waals surface area (Å²) in [5.74, 6) is -0.145. The Hall–Kier alpha value is -2.83. The van der Waals surface area contributed by atoms with E-state index in [1.165, 1.54) is 6.08 Å². The van der Waals surface area contributed by atoms with Gasteiger partial charge >= 0.3 is 5.97 Å². The van der Waals surface area contributed by atoms with E-state index in [0.717, 1.165) is 45.0 Å². The van der Waals surface area contributed by atoms with Crippen LogP contribution in [0.4, 0.5) is 0 Å². The van der Waals surface area contributed by atoms with Crippen molar-refractivity contribution in [3.63, 3.8) is 0 Å². The number of ether oxygens (including phenoxy) is 1. The maximum atomic E-state index is 12.1. The van der Waals surface area contributed by atoms with E-state index in [9.17, 15) is 14.4 Å². The number of carbonyl (C=O) groups is 3. The molecule has 0 atom stereocenters. The predicted octanol–water partition coefficient (Wildman–Crippen LogP) is 5.30. The second-order valence-electron chi connectivity index (χ2n) is 5.59. The summed E-state index contributed by atoms with van der Waals surface area (Å²) in [6, 6.07) is 14.0. The quantitative estimate of drug-likeness (QED) is 0.267. The van der Waals surface area contributed by atoms with Crippen molar-refractivity contribution in [3.8, 4) is 5.75 Å². The van der Waals surface area contributed by atoms with Crippen LogP contribution >= 0.6 is 23.5 Å². The van der Waals surface area contributed by atoms with Gasteiger partial charge in [0.1, 0.15) is 5.75 Å². The Kier molecular flexibility index (Phi) is 8.04. The van der Waals surface area contributed by atoms with Crippen molar-refractivity contribution in [1.82, 2.24) is 0 Å². The van der Waals surface area contributed by atoms with Crippen LogP contribution in [0.3, 0.4) is 0 Å². The average Bonchev–Trinajstić information content (AvgIpc) is 2.68. The Labute approximate surface area is 172 Å². The molecule has 2 aromatic rings. The first-order valence-electron chi connectivity index (χ1n) is 8.19. The lowest BCUT2D eigenvalue weighted by molar-refractivity contribution is -0.129. The molecule has 0 aliphatic heterocycles. The topological polar surface area (TPSA) is 60.4 Å². The molecule has 0 bridgehead atoms. The lowest BCUT2D eigenvalue weighted by atomic mass is 10.2. The van der Waals surface area contributed by atoms with Crippen LogP contribution in [-0.4, -0.2) is 16.2 Å². The highest BCUT2D eigenvalue weighted by Gasteiger charge is 2.06. The summed E-state index contributed by atoms with van der Waals surface area (Å²) in [6.07, 6.45) is 4.28. The number of carbonyl (C=O) groups excluding carboxylic acids is 3. The molecule has 0 radical (unpaired) electrons. The van der Waals surface area contributed by atoms with Gasteiger partial charge in [-0.05, 0) is 84.1 Å². The van der Waals surface area contributed by atoms with Crippen molar-refractivity contribution in [2.75, 3.05) is 0 Å². The van der Waals surface area contributed by atoms with Crippen LogP contribution in [0.1, 0.15) is 12.5 Å². The van der Waals surface area contributed by atoms with E-state index in [-0.39, 0.29) is 10.2 Å². The molecule has 2 aromatic carbocycles. The van der Waals surface area contributed by atoms with Crippen LogP contribution in [0.2, 0.25) is 0 Å². The Balaban J connectivity index is 1.91.